The number of benzene rings is 1. The van der Waals surface area contributed by atoms with Crippen LogP contribution in [0.5, 0.6) is 0 Å². The number of hydrogen-bond donors (Lipinski definition) is 3. The number of rotatable bonds is 2. The molecule has 1 saturated heterocycles. The molecule has 1 aliphatic rings. The van der Waals surface area contributed by atoms with E-state index in [1.165, 1.54) is 18.2 Å². The van der Waals surface area contributed by atoms with Crippen LogP contribution in [0.4, 0.5) is 11.4 Å². The van der Waals surface area contributed by atoms with Crippen LogP contribution in [0.2, 0.25) is 0 Å². The average Bonchev–Trinajstić information content (AvgIpc) is 2.53. The second kappa shape index (κ2) is 5.06. The zero-order valence-corrected chi connectivity index (χ0v) is 11.1. The molecule has 1 aliphatic heterocycles. The molecule has 0 atom stereocenters. The lowest BCUT2D eigenvalue weighted by atomic mass is 10.2. The number of carbonyl (C=O) groups excluding carboxylic acids is 1. The molecule has 0 bridgehead atoms. The second-order valence-corrected chi connectivity index (χ2v) is 5.95. The summed E-state index contributed by atoms with van der Waals surface area (Å²) in [6.45, 7) is 1.37. The van der Waals surface area contributed by atoms with Gasteiger partial charge in [-0.05, 0) is 24.6 Å². The number of nitrogens with zero attached hydrogens (tertiary/aromatic N) is 1. The Labute approximate surface area is 111 Å². The molecular weight excluding hydrogens is 268 g/mol. The third-order valence-corrected chi connectivity index (χ3v) is 3.84. The molecule has 7 nitrogen and oxygen atoms in total. The maximum absolute atomic E-state index is 11.5. The van der Waals surface area contributed by atoms with Crippen molar-refractivity contribution in [2.75, 3.05) is 30.3 Å². The number of primary sulfonamides is 1. The van der Waals surface area contributed by atoms with Crippen molar-refractivity contribution in [1.29, 1.82) is 0 Å². The van der Waals surface area contributed by atoms with Gasteiger partial charge in [-0.25, -0.2) is 13.6 Å². The number of sulfonamides is 1. The molecule has 0 aromatic heterocycles. The zero-order chi connectivity index (χ0) is 14.0. The van der Waals surface area contributed by atoms with Crippen LogP contribution >= 0.6 is 0 Å². The minimum absolute atomic E-state index is 0.0126. The van der Waals surface area contributed by atoms with Crippen LogP contribution in [0.3, 0.4) is 0 Å². The molecule has 0 spiro atoms. The van der Waals surface area contributed by atoms with Crippen molar-refractivity contribution in [3.05, 3.63) is 18.2 Å². The van der Waals surface area contributed by atoms with Crippen LogP contribution in [-0.2, 0) is 14.8 Å². The molecule has 1 aromatic rings. The Bertz CT molecular complexity index is 600. The fourth-order valence-corrected chi connectivity index (χ4v) is 2.52. The van der Waals surface area contributed by atoms with Gasteiger partial charge in [-0.1, -0.05) is 0 Å². The Hall–Kier alpha value is -1.80. The first-order valence-corrected chi connectivity index (χ1v) is 7.36. The predicted molar refractivity (Wildman–Crippen MR) is 72.1 cm³/mol. The van der Waals surface area contributed by atoms with Gasteiger partial charge in [0.2, 0.25) is 15.9 Å². The molecule has 0 saturated carbocycles. The molecule has 0 aliphatic carbocycles. The first-order valence-electron chi connectivity index (χ1n) is 5.82. The number of nitrogens with one attached hydrogen (secondary N) is 1. The van der Waals surface area contributed by atoms with Crippen LogP contribution < -0.4 is 21.1 Å². The summed E-state index contributed by atoms with van der Waals surface area (Å²) < 4.78 is 22.7. The molecule has 5 N–H and O–H groups in total. The van der Waals surface area contributed by atoms with Gasteiger partial charge in [0.25, 0.3) is 0 Å². The molecule has 0 radical (unpaired) electrons. The number of amides is 1. The standard InChI is InChI=1S/C11H16N4O3S/c12-9-3-2-8(19(13,17)18)6-10(9)15-5-1-4-14-11(16)7-15/h2-3,6H,1,4-5,7,12H2,(H,14,16)(H2,13,17,18). The molecule has 1 aromatic carbocycles. The molecule has 2 rings (SSSR count). The van der Waals surface area contributed by atoms with Gasteiger partial charge >= 0.3 is 0 Å². The SMILES string of the molecule is Nc1ccc(S(N)(=O)=O)cc1N1CCCNC(=O)C1. The van der Waals surface area contributed by atoms with E-state index in [9.17, 15) is 13.2 Å². The molecule has 1 heterocycles. The van der Waals surface area contributed by atoms with Crippen molar-refractivity contribution < 1.29 is 13.2 Å². The van der Waals surface area contributed by atoms with Gasteiger partial charge in [0.1, 0.15) is 0 Å². The summed E-state index contributed by atoms with van der Waals surface area (Å²) in [7, 11) is -3.79. The normalized spacial score (nSPS) is 16.9. The molecular formula is C11H16N4O3S. The first-order chi connectivity index (χ1) is 8.88. The summed E-state index contributed by atoms with van der Waals surface area (Å²) in [6, 6.07) is 4.24. The lowest BCUT2D eigenvalue weighted by Crippen LogP contribution is -2.33. The van der Waals surface area contributed by atoms with Gasteiger partial charge in [-0.15, -0.1) is 0 Å². The second-order valence-electron chi connectivity index (χ2n) is 4.39. The fourth-order valence-electron chi connectivity index (χ4n) is 1.99. The van der Waals surface area contributed by atoms with E-state index in [0.29, 0.717) is 24.5 Å². The van der Waals surface area contributed by atoms with E-state index in [4.69, 9.17) is 10.9 Å². The number of hydrogen-bond acceptors (Lipinski definition) is 5. The van der Waals surface area contributed by atoms with Crippen LogP contribution in [-0.4, -0.2) is 34.0 Å². The van der Waals surface area contributed by atoms with E-state index < -0.39 is 10.0 Å². The Morgan fingerprint density at radius 1 is 1.32 bits per heavy atom. The van der Waals surface area contributed by atoms with Crippen molar-refractivity contribution in [1.82, 2.24) is 5.32 Å². The topological polar surface area (TPSA) is 119 Å². The summed E-state index contributed by atoms with van der Waals surface area (Å²) in [6.07, 6.45) is 0.769. The van der Waals surface area contributed by atoms with E-state index in [0.717, 1.165) is 6.42 Å². The van der Waals surface area contributed by atoms with Gasteiger partial charge in [0, 0.05) is 13.1 Å². The number of nitrogens with two attached hydrogens (primary N) is 2. The van der Waals surface area contributed by atoms with E-state index >= 15 is 0 Å². The van der Waals surface area contributed by atoms with Gasteiger partial charge in [0.15, 0.2) is 0 Å². The van der Waals surface area contributed by atoms with E-state index in [1.807, 2.05) is 0 Å². The summed E-state index contributed by atoms with van der Waals surface area (Å²) in [4.78, 5) is 13.3. The Kier molecular flexibility index (Phi) is 3.63. The maximum Gasteiger partial charge on any atom is 0.239 e. The Morgan fingerprint density at radius 3 is 2.74 bits per heavy atom. The average molecular weight is 284 g/mol. The fraction of sp³-hybridized carbons (Fsp3) is 0.364. The summed E-state index contributed by atoms with van der Waals surface area (Å²) in [5.41, 5.74) is 6.79. The number of anilines is 2. The van der Waals surface area contributed by atoms with Gasteiger partial charge in [0.05, 0.1) is 22.8 Å². The minimum atomic E-state index is -3.79. The van der Waals surface area contributed by atoms with Crippen molar-refractivity contribution in [2.24, 2.45) is 5.14 Å². The minimum Gasteiger partial charge on any atom is -0.397 e. The molecule has 19 heavy (non-hydrogen) atoms. The van der Waals surface area contributed by atoms with Gasteiger partial charge < -0.3 is 16.0 Å². The quantitative estimate of drug-likeness (QED) is 0.617. The summed E-state index contributed by atoms with van der Waals surface area (Å²) >= 11 is 0. The Morgan fingerprint density at radius 2 is 2.05 bits per heavy atom. The Balaban J connectivity index is 2.40. The van der Waals surface area contributed by atoms with Gasteiger partial charge in [-0.2, -0.15) is 0 Å². The third-order valence-electron chi connectivity index (χ3n) is 2.93. The largest absolute Gasteiger partial charge is 0.397 e. The molecule has 8 heteroatoms. The highest BCUT2D eigenvalue weighted by atomic mass is 32.2. The lowest BCUT2D eigenvalue weighted by molar-refractivity contribution is -0.119. The van der Waals surface area contributed by atoms with E-state index in [2.05, 4.69) is 5.32 Å². The smallest absolute Gasteiger partial charge is 0.239 e. The monoisotopic (exact) mass is 284 g/mol. The third kappa shape index (κ3) is 3.15. The van der Waals surface area contributed by atoms with Crippen molar-refractivity contribution in [3.63, 3.8) is 0 Å². The number of carbonyl (C=O) groups is 1. The van der Waals surface area contributed by atoms with Gasteiger partial charge in [-0.3, -0.25) is 4.79 Å². The van der Waals surface area contributed by atoms with Crippen LogP contribution in [0.15, 0.2) is 23.1 Å². The highest BCUT2D eigenvalue weighted by molar-refractivity contribution is 7.89. The van der Waals surface area contributed by atoms with Crippen molar-refractivity contribution in [3.8, 4) is 0 Å². The van der Waals surface area contributed by atoms with Crippen LogP contribution in [0.25, 0.3) is 0 Å². The molecule has 0 unspecified atom stereocenters. The first kappa shape index (κ1) is 13.6. The molecule has 104 valence electrons. The maximum atomic E-state index is 11.5. The molecule has 1 amide bonds. The van der Waals surface area contributed by atoms with Crippen molar-refractivity contribution >= 4 is 27.3 Å². The predicted octanol–water partition coefficient (Wildman–Crippen LogP) is -0.758. The zero-order valence-electron chi connectivity index (χ0n) is 10.3. The lowest BCUT2D eigenvalue weighted by Gasteiger charge is -2.23. The van der Waals surface area contributed by atoms with E-state index in [-0.39, 0.29) is 17.3 Å². The van der Waals surface area contributed by atoms with Crippen LogP contribution in [0, 0.1) is 0 Å². The summed E-state index contributed by atoms with van der Waals surface area (Å²) in [5, 5.41) is 7.84. The molecule has 1 fully saturated rings. The number of nitrogen functional groups attached to an aromatic ring is 1. The van der Waals surface area contributed by atoms with Crippen molar-refractivity contribution in [2.45, 2.75) is 11.3 Å². The van der Waals surface area contributed by atoms with Crippen LogP contribution in [0.1, 0.15) is 6.42 Å². The summed E-state index contributed by atoms with van der Waals surface area (Å²) in [5.74, 6) is -0.113. The van der Waals surface area contributed by atoms with E-state index in [1.54, 1.807) is 4.90 Å². The highest BCUT2D eigenvalue weighted by Crippen LogP contribution is 2.26. The highest BCUT2D eigenvalue weighted by Gasteiger charge is 2.19.